The van der Waals surface area contributed by atoms with E-state index >= 15 is 0 Å². The predicted molar refractivity (Wildman–Crippen MR) is 37.0 cm³/mol. The highest BCUT2D eigenvalue weighted by Gasteiger charge is 2.00. The Kier molecular flexibility index (Phi) is 4.28. The van der Waals surface area contributed by atoms with Crippen molar-refractivity contribution in [2.24, 2.45) is 5.16 Å². The lowest BCUT2D eigenvalue weighted by molar-refractivity contribution is -0.129. The average molecular weight is 145 g/mol. The van der Waals surface area contributed by atoms with Crippen molar-refractivity contribution in [1.29, 1.82) is 0 Å². The van der Waals surface area contributed by atoms with E-state index in [1.54, 1.807) is 0 Å². The van der Waals surface area contributed by atoms with Gasteiger partial charge in [0.1, 0.15) is 6.61 Å². The maximum absolute atomic E-state index is 10.1. The van der Waals surface area contributed by atoms with Gasteiger partial charge in [0.2, 0.25) is 0 Å². The van der Waals surface area contributed by atoms with Crippen LogP contribution in [-0.4, -0.2) is 23.4 Å². The lowest BCUT2D eigenvalue weighted by Gasteiger charge is -1.94. The Labute approximate surface area is 59.5 Å². The highest BCUT2D eigenvalue weighted by Crippen LogP contribution is 1.83. The summed E-state index contributed by atoms with van der Waals surface area (Å²) < 4.78 is 0. The van der Waals surface area contributed by atoms with Crippen LogP contribution in [0.15, 0.2) is 5.16 Å². The summed E-state index contributed by atoms with van der Waals surface area (Å²) in [5.41, 5.74) is -0.0200. The van der Waals surface area contributed by atoms with E-state index in [1.165, 1.54) is 6.92 Å². The number of carboxylic acids is 1. The van der Waals surface area contributed by atoms with E-state index in [-0.39, 0.29) is 5.71 Å². The number of nitrogens with zero attached hydrogens (tertiary/aromatic N) is 1. The van der Waals surface area contributed by atoms with Crippen LogP contribution in [0.3, 0.4) is 0 Å². The van der Waals surface area contributed by atoms with Crippen LogP contribution in [0.2, 0.25) is 0 Å². The van der Waals surface area contributed by atoms with E-state index in [1.807, 2.05) is 6.92 Å². The maximum Gasteiger partial charge on any atom is 0.353 e. The van der Waals surface area contributed by atoms with Crippen molar-refractivity contribution in [3.63, 3.8) is 0 Å². The molecule has 0 aliphatic heterocycles. The molecule has 0 amide bonds. The summed E-state index contributed by atoms with van der Waals surface area (Å²) in [4.78, 5) is 14.7. The molecule has 0 bridgehead atoms. The fourth-order valence-electron chi connectivity index (χ4n) is 0.273. The first kappa shape index (κ1) is 8.94. The zero-order chi connectivity index (χ0) is 7.98. The molecule has 0 saturated heterocycles. The molecular formula is C6H11NO3. The van der Waals surface area contributed by atoms with Crippen molar-refractivity contribution in [1.82, 2.24) is 0 Å². The van der Waals surface area contributed by atoms with Crippen LogP contribution in [0, 0.1) is 0 Å². The molecule has 0 aromatic heterocycles. The SMILES string of the molecule is CCCON=C(C)C(=O)O. The fourth-order valence-corrected chi connectivity index (χ4v) is 0.273. The first-order valence-electron chi connectivity index (χ1n) is 3.08. The van der Waals surface area contributed by atoms with Gasteiger partial charge in [-0.3, -0.25) is 0 Å². The Balaban J connectivity index is 3.58. The third-order valence-corrected chi connectivity index (χ3v) is 0.806. The molecule has 0 rings (SSSR count). The van der Waals surface area contributed by atoms with Crippen molar-refractivity contribution < 1.29 is 14.7 Å². The van der Waals surface area contributed by atoms with Crippen molar-refractivity contribution in [2.75, 3.05) is 6.61 Å². The molecule has 0 aromatic rings. The summed E-state index contributed by atoms with van der Waals surface area (Å²) in [6, 6.07) is 0. The molecule has 1 N–H and O–H groups in total. The second-order valence-electron chi connectivity index (χ2n) is 1.82. The average Bonchev–Trinajstić information content (AvgIpc) is 1.88. The maximum atomic E-state index is 10.1. The largest absolute Gasteiger partial charge is 0.477 e. The van der Waals surface area contributed by atoms with Crippen LogP contribution in [-0.2, 0) is 9.63 Å². The van der Waals surface area contributed by atoms with Gasteiger partial charge in [0.05, 0.1) is 0 Å². The van der Waals surface area contributed by atoms with Gasteiger partial charge in [-0.1, -0.05) is 12.1 Å². The molecule has 0 radical (unpaired) electrons. The number of oxime groups is 1. The molecule has 0 aliphatic rings. The quantitative estimate of drug-likeness (QED) is 0.363. The normalized spacial score (nSPS) is 11.2. The smallest absolute Gasteiger partial charge is 0.353 e. The molecule has 10 heavy (non-hydrogen) atoms. The molecule has 4 nitrogen and oxygen atoms in total. The molecule has 0 aliphatic carbocycles. The van der Waals surface area contributed by atoms with Crippen LogP contribution < -0.4 is 0 Å². The van der Waals surface area contributed by atoms with Crippen molar-refractivity contribution in [3.8, 4) is 0 Å². The Morgan fingerprint density at radius 3 is 2.70 bits per heavy atom. The van der Waals surface area contributed by atoms with Gasteiger partial charge >= 0.3 is 5.97 Å². The predicted octanol–water partition coefficient (Wildman–Crippen LogP) is 0.873. The summed E-state index contributed by atoms with van der Waals surface area (Å²) in [5, 5.41) is 11.6. The van der Waals surface area contributed by atoms with E-state index in [0.29, 0.717) is 6.61 Å². The monoisotopic (exact) mass is 145 g/mol. The summed E-state index contributed by atoms with van der Waals surface area (Å²) in [6.45, 7) is 3.77. The standard InChI is InChI=1S/C6H11NO3/c1-3-4-10-7-5(2)6(8)9/h3-4H2,1-2H3,(H,8,9). The third-order valence-electron chi connectivity index (χ3n) is 0.806. The topological polar surface area (TPSA) is 58.9 Å². The second kappa shape index (κ2) is 4.78. The Morgan fingerprint density at radius 1 is 1.70 bits per heavy atom. The Morgan fingerprint density at radius 2 is 2.30 bits per heavy atom. The van der Waals surface area contributed by atoms with E-state index in [0.717, 1.165) is 6.42 Å². The summed E-state index contributed by atoms with van der Waals surface area (Å²) in [5.74, 6) is -1.05. The van der Waals surface area contributed by atoms with E-state index < -0.39 is 5.97 Å². The molecule has 0 unspecified atom stereocenters. The molecule has 0 heterocycles. The lowest BCUT2D eigenvalue weighted by Crippen LogP contribution is -2.08. The Bertz CT molecular complexity index is 142. The van der Waals surface area contributed by atoms with Gasteiger partial charge in [-0.05, 0) is 13.3 Å². The van der Waals surface area contributed by atoms with Gasteiger partial charge in [-0.2, -0.15) is 0 Å². The van der Waals surface area contributed by atoms with Crippen LogP contribution in [0.1, 0.15) is 20.3 Å². The minimum absolute atomic E-state index is 0.0200. The zero-order valence-corrected chi connectivity index (χ0v) is 6.13. The van der Waals surface area contributed by atoms with Gasteiger partial charge in [0.15, 0.2) is 5.71 Å². The van der Waals surface area contributed by atoms with Gasteiger partial charge in [-0.15, -0.1) is 0 Å². The molecule has 0 fully saturated rings. The van der Waals surface area contributed by atoms with Crippen LogP contribution >= 0.6 is 0 Å². The second-order valence-corrected chi connectivity index (χ2v) is 1.82. The number of aliphatic carboxylic acids is 1. The zero-order valence-electron chi connectivity index (χ0n) is 6.13. The van der Waals surface area contributed by atoms with E-state index in [2.05, 4.69) is 9.99 Å². The highest BCUT2D eigenvalue weighted by molar-refractivity contribution is 6.34. The first-order valence-corrected chi connectivity index (χ1v) is 3.08. The summed E-state index contributed by atoms with van der Waals surface area (Å²) in [6.07, 6.45) is 0.830. The number of carboxylic acid groups (broad SMARTS) is 1. The van der Waals surface area contributed by atoms with Gasteiger partial charge < -0.3 is 9.94 Å². The van der Waals surface area contributed by atoms with Crippen LogP contribution in [0.4, 0.5) is 0 Å². The minimum Gasteiger partial charge on any atom is -0.477 e. The van der Waals surface area contributed by atoms with E-state index in [9.17, 15) is 4.79 Å². The lowest BCUT2D eigenvalue weighted by atomic mass is 10.4. The number of carbonyl (C=O) groups is 1. The van der Waals surface area contributed by atoms with Crippen LogP contribution in [0.5, 0.6) is 0 Å². The van der Waals surface area contributed by atoms with Crippen molar-refractivity contribution >= 4 is 11.7 Å². The minimum atomic E-state index is -1.05. The molecule has 0 atom stereocenters. The molecule has 0 aromatic carbocycles. The highest BCUT2D eigenvalue weighted by atomic mass is 16.6. The number of hydrogen-bond acceptors (Lipinski definition) is 3. The molecule has 58 valence electrons. The Hall–Kier alpha value is -1.06. The fraction of sp³-hybridized carbons (Fsp3) is 0.667. The van der Waals surface area contributed by atoms with Crippen LogP contribution in [0.25, 0.3) is 0 Å². The third kappa shape index (κ3) is 3.88. The summed E-state index contributed by atoms with van der Waals surface area (Å²) in [7, 11) is 0. The van der Waals surface area contributed by atoms with Gasteiger partial charge in [0, 0.05) is 0 Å². The summed E-state index contributed by atoms with van der Waals surface area (Å²) >= 11 is 0. The molecular weight excluding hydrogens is 134 g/mol. The molecule has 0 saturated carbocycles. The van der Waals surface area contributed by atoms with Gasteiger partial charge in [-0.25, -0.2) is 4.79 Å². The van der Waals surface area contributed by atoms with Crippen molar-refractivity contribution in [2.45, 2.75) is 20.3 Å². The van der Waals surface area contributed by atoms with Gasteiger partial charge in [0.25, 0.3) is 0 Å². The van der Waals surface area contributed by atoms with E-state index in [4.69, 9.17) is 5.11 Å². The van der Waals surface area contributed by atoms with Crippen molar-refractivity contribution in [3.05, 3.63) is 0 Å². The molecule has 4 heteroatoms. The number of rotatable bonds is 4. The number of hydrogen-bond donors (Lipinski definition) is 1. The first-order chi connectivity index (χ1) is 4.68. The molecule has 0 spiro atoms.